The molecule has 0 fully saturated rings. The molecule has 0 radical (unpaired) electrons. The Kier molecular flexibility index (Phi) is 5.10. The molecule has 1 amide bonds. The summed E-state index contributed by atoms with van der Waals surface area (Å²) in [6, 6.07) is 7.95. The number of aromatic nitrogens is 3. The molecule has 0 saturated heterocycles. The number of thioether (sulfide) groups is 1. The minimum Gasteiger partial charge on any atom is -0.338 e. The van der Waals surface area contributed by atoms with Gasteiger partial charge >= 0.3 is 0 Å². The second kappa shape index (κ2) is 7.69. The van der Waals surface area contributed by atoms with E-state index in [-0.39, 0.29) is 11.7 Å². The predicted molar refractivity (Wildman–Crippen MR) is 108 cm³/mol. The van der Waals surface area contributed by atoms with Crippen LogP contribution in [0, 0.1) is 12.7 Å². The zero-order chi connectivity index (χ0) is 19.7. The van der Waals surface area contributed by atoms with Crippen LogP contribution in [0.3, 0.4) is 0 Å². The third-order valence-electron chi connectivity index (χ3n) is 4.02. The zero-order valence-electron chi connectivity index (χ0n) is 15.0. The highest BCUT2D eigenvalue weighted by Crippen LogP contribution is 2.39. The molecule has 0 bridgehead atoms. The minimum atomic E-state index is -0.426. The highest BCUT2D eigenvalue weighted by atomic mass is 32.2. The van der Waals surface area contributed by atoms with Gasteiger partial charge in [-0.05, 0) is 31.5 Å². The second-order valence-corrected chi connectivity index (χ2v) is 8.28. The van der Waals surface area contributed by atoms with Crippen molar-refractivity contribution in [3.8, 4) is 11.1 Å². The molecule has 0 aliphatic rings. The third kappa shape index (κ3) is 3.76. The summed E-state index contributed by atoms with van der Waals surface area (Å²) in [4.78, 5) is 22.0. The van der Waals surface area contributed by atoms with Crippen LogP contribution in [0.15, 0.2) is 51.6 Å². The maximum atomic E-state index is 13.3. The number of nitrogens with one attached hydrogen (secondary N) is 1. The van der Waals surface area contributed by atoms with Gasteiger partial charge in [-0.1, -0.05) is 29.1 Å². The van der Waals surface area contributed by atoms with Crippen LogP contribution in [0.4, 0.5) is 10.3 Å². The highest BCUT2D eigenvalue weighted by Gasteiger charge is 2.21. The number of nitrogens with zero attached hydrogens (tertiary/aromatic N) is 3. The van der Waals surface area contributed by atoms with E-state index in [0.717, 1.165) is 21.3 Å². The lowest BCUT2D eigenvalue weighted by molar-refractivity contribution is -0.115. The first-order valence-electron chi connectivity index (χ1n) is 8.40. The lowest BCUT2D eigenvalue weighted by atomic mass is 10.1. The van der Waals surface area contributed by atoms with Gasteiger partial charge in [0.05, 0.1) is 16.3 Å². The van der Waals surface area contributed by atoms with Crippen LogP contribution in [0.25, 0.3) is 21.3 Å². The van der Waals surface area contributed by atoms with Crippen LogP contribution in [0.2, 0.25) is 0 Å². The Bertz CT molecular complexity index is 1140. The van der Waals surface area contributed by atoms with Crippen LogP contribution in [0.1, 0.15) is 12.6 Å². The summed E-state index contributed by atoms with van der Waals surface area (Å²) in [6.45, 7) is 3.57. The lowest BCUT2D eigenvalue weighted by Crippen LogP contribution is -2.22. The molecule has 4 aromatic rings. The van der Waals surface area contributed by atoms with Gasteiger partial charge < -0.3 is 4.52 Å². The number of halogens is 1. The van der Waals surface area contributed by atoms with Crippen LogP contribution in [-0.4, -0.2) is 26.3 Å². The topological polar surface area (TPSA) is 80.9 Å². The van der Waals surface area contributed by atoms with Crippen molar-refractivity contribution in [1.82, 2.24) is 15.1 Å². The van der Waals surface area contributed by atoms with Crippen molar-refractivity contribution in [1.29, 1.82) is 0 Å². The maximum Gasteiger partial charge on any atom is 0.240 e. The number of anilines is 1. The Labute approximate surface area is 168 Å². The molecule has 0 saturated carbocycles. The molecule has 0 aliphatic carbocycles. The third-order valence-corrected chi connectivity index (χ3v) is 6.01. The fourth-order valence-electron chi connectivity index (χ4n) is 2.65. The first-order chi connectivity index (χ1) is 13.5. The summed E-state index contributed by atoms with van der Waals surface area (Å²) in [5.74, 6) is -0.195. The first kappa shape index (κ1) is 18.6. The Balaban J connectivity index is 1.62. The van der Waals surface area contributed by atoms with E-state index in [1.165, 1.54) is 41.6 Å². The number of rotatable bonds is 5. The van der Waals surface area contributed by atoms with Gasteiger partial charge in [0.2, 0.25) is 11.8 Å². The average Bonchev–Trinajstić information content (AvgIpc) is 3.29. The van der Waals surface area contributed by atoms with Crippen LogP contribution < -0.4 is 5.32 Å². The summed E-state index contributed by atoms with van der Waals surface area (Å²) >= 11 is 2.82. The van der Waals surface area contributed by atoms with Crippen LogP contribution in [0.5, 0.6) is 0 Å². The Morgan fingerprint density at radius 1 is 1.29 bits per heavy atom. The molecule has 28 heavy (non-hydrogen) atoms. The molecular weight excluding hydrogens is 399 g/mol. The Hall–Kier alpha value is -2.78. The molecule has 6 nitrogen and oxygen atoms in total. The van der Waals surface area contributed by atoms with Gasteiger partial charge in [0.25, 0.3) is 0 Å². The molecule has 3 aromatic heterocycles. The Morgan fingerprint density at radius 2 is 2.07 bits per heavy atom. The summed E-state index contributed by atoms with van der Waals surface area (Å²) in [5.41, 5.74) is 2.48. The number of thiophene rings is 1. The zero-order valence-corrected chi connectivity index (χ0v) is 16.6. The number of benzene rings is 1. The molecule has 3 heterocycles. The molecule has 1 atom stereocenters. The molecule has 0 aliphatic heterocycles. The molecule has 1 N–H and O–H groups in total. The van der Waals surface area contributed by atoms with E-state index in [2.05, 4.69) is 20.4 Å². The van der Waals surface area contributed by atoms with E-state index in [1.54, 1.807) is 32.0 Å². The summed E-state index contributed by atoms with van der Waals surface area (Å²) in [5, 5.41) is 9.56. The first-order valence-corrected chi connectivity index (χ1v) is 10.2. The fraction of sp³-hybridized carbons (Fsp3) is 0.158. The van der Waals surface area contributed by atoms with Crippen molar-refractivity contribution >= 4 is 45.1 Å². The number of hydrogen-bond donors (Lipinski definition) is 1. The second-order valence-electron chi connectivity index (χ2n) is 6.10. The minimum absolute atomic E-state index is 0.216. The van der Waals surface area contributed by atoms with Gasteiger partial charge in [0.15, 0.2) is 0 Å². The monoisotopic (exact) mass is 414 g/mol. The van der Waals surface area contributed by atoms with E-state index in [0.29, 0.717) is 16.6 Å². The van der Waals surface area contributed by atoms with E-state index in [4.69, 9.17) is 4.52 Å². The molecule has 0 spiro atoms. The normalized spacial score (nSPS) is 12.2. The van der Waals surface area contributed by atoms with Crippen molar-refractivity contribution in [3.05, 3.63) is 53.6 Å². The summed E-state index contributed by atoms with van der Waals surface area (Å²) in [6.07, 6.45) is 1.49. The SMILES string of the molecule is Cc1cc(NC(=O)C(C)Sc2ncnc3scc(-c4ccc(F)cc4)c23)on1. The van der Waals surface area contributed by atoms with Crippen molar-refractivity contribution in [2.24, 2.45) is 0 Å². The quantitative estimate of drug-likeness (QED) is 0.369. The van der Waals surface area contributed by atoms with Gasteiger partial charge in [-0.25, -0.2) is 14.4 Å². The molecule has 1 aromatic carbocycles. The van der Waals surface area contributed by atoms with Gasteiger partial charge in [-0.2, -0.15) is 0 Å². The van der Waals surface area contributed by atoms with Gasteiger partial charge in [0.1, 0.15) is 22.0 Å². The van der Waals surface area contributed by atoms with E-state index < -0.39 is 5.25 Å². The van der Waals surface area contributed by atoms with Crippen LogP contribution >= 0.6 is 23.1 Å². The lowest BCUT2D eigenvalue weighted by Gasteiger charge is -2.11. The summed E-state index contributed by atoms with van der Waals surface area (Å²) in [7, 11) is 0. The number of hydrogen-bond acceptors (Lipinski definition) is 7. The Morgan fingerprint density at radius 3 is 2.79 bits per heavy atom. The van der Waals surface area contributed by atoms with Gasteiger partial charge in [-0.3, -0.25) is 10.1 Å². The number of aryl methyl sites for hydroxylation is 1. The molecule has 1 unspecified atom stereocenters. The van der Waals surface area contributed by atoms with Crippen molar-refractivity contribution in [2.75, 3.05) is 5.32 Å². The molecule has 9 heteroatoms. The average molecular weight is 414 g/mol. The van der Waals surface area contributed by atoms with E-state index in [9.17, 15) is 9.18 Å². The number of fused-ring (bicyclic) bond motifs is 1. The molecule has 4 rings (SSSR count). The highest BCUT2D eigenvalue weighted by molar-refractivity contribution is 8.00. The molecule has 142 valence electrons. The van der Waals surface area contributed by atoms with Crippen molar-refractivity contribution < 1.29 is 13.7 Å². The van der Waals surface area contributed by atoms with E-state index >= 15 is 0 Å². The van der Waals surface area contributed by atoms with Gasteiger partial charge in [-0.15, -0.1) is 11.3 Å². The fourth-order valence-corrected chi connectivity index (χ4v) is 4.56. The standard InChI is InChI=1S/C19H15FN4O2S2/c1-10-7-15(26-24-10)23-17(25)11(2)28-19-16-14(8-27-18(16)21-9-22-19)12-3-5-13(20)6-4-12/h3-9,11H,1-2H3,(H,23,25). The largest absolute Gasteiger partial charge is 0.338 e. The molecular formula is C19H15FN4O2S2. The van der Waals surface area contributed by atoms with E-state index in [1.807, 2.05) is 5.38 Å². The number of carbonyl (C=O) groups excluding carboxylic acids is 1. The van der Waals surface area contributed by atoms with Crippen molar-refractivity contribution in [2.45, 2.75) is 24.1 Å². The van der Waals surface area contributed by atoms with Gasteiger partial charge in [0, 0.05) is 17.0 Å². The maximum absolute atomic E-state index is 13.3. The predicted octanol–water partition coefficient (Wildman–Crippen LogP) is 4.91. The van der Waals surface area contributed by atoms with Crippen molar-refractivity contribution in [3.63, 3.8) is 0 Å². The number of amides is 1. The van der Waals surface area contributed by atoms with Crippen LogP contribution in [-0.2, 0) is 4.79 Å². The summed E-state index contributed by atoms with van der Waals surface area (Å²) < 4.78 is 18.3. The smallest absolute Gasteiger partial charge is 0.240 e. The number of carbonyl (C=O) groups is 1.